The van der Waals surface area contributed by atoms with Crippen LogP contribution in [0.3, 0.4) is 0 Å². The second kappa shape index (κ2) is 8.51. The summed E-state index contributed by atoms with van der Waals surface area (Å²) in [7, 11) is 0. The third-order valence-electron chi connectivity index (χ3n) is 8.37. The number of amides is 2. The lowest BCUT2D eigenvalue weighted by molar-refractivity contribution is -0.123. The molecule has 6 nitrogen and oxygen atoms in total. The van der Waals surface area contributed by atoms with Crippen LogP contribution >= 0.6 is 0 Å². The van der Waals surface area contributed by atoms with Crippen molar-refractivity contribution < 1.29 is 24.3 Å². The fourth-order valence-corrected chi connectivity index (χ4v) is 6.60. The van der Waals surface area contributed by atoms with Crippen molar-refractivity contribution in [2.75, 3.05) is 4.90 Å². The summed E-state index contributed by atoms with van der Waals surface area (Å²) in [5.74, 6) is -2.87. The maximum atomic E-state index is 13.9. The summed E-state index contributed by atoms with van der Waals surface area (Å²) in [5, 5.41) is 10.2. The van der Waals surface area contributed by atoms with Crippen molar-refractivity contribution in [1.29, 1.82) is 0 Å². The van der Waals surface area contributed by atoms with Crippen LogP contribution in [-0.4, -0.2) is 28.5 Å². The van der Waals surface area contributed by atoms with Crippen LogP contribution in [0.1, 0.15) is 43.7 Å². The number of hydrogen-bond donors (Lipinski definition) is 1. The molecule has 0 aromatic heterocycles. The van der Waals surface area contributed by atoms with Crippen molar-refractivity contribution >= 4 is 29.1 Å². The monoisotopic (exact) mass is 493 g/mol. The van der Waals surface area contributed by atoms with Gasteiger partial charge in [0.05, 0.1) is 17.5 Å². The number of carbonyl (C=O) groups excluding carboxylic acids is 4. The lowest BCUT2D eigenvalue weighted by atomic mass is 9.59. The van der Waals surface area contributed by atoms with Crippen LogP contribution in [0.5, 0.6) is 5.75 Å². The molecule has 2 aromatic carbocycles. The molecule has 37 heavy (non-hydrogen) atoms. The molecule has 3 aliphatic carbocycles. The van der Waals surface area contributed by atoms with Gasteiger partial charge in [0.25, 0.3) is 0 Å². The number of imide groups is 1. The molecule has 0 bridgehead atoms. The molecule has 2 aromatic rings. The molecule has 186 valence electrons. The first-order chi connectivity index (χ1) is 17.8. The Balaban J connectivity index is 1.46. The van der Waals surface area contributed by atoms with Crippen LogP contribution in [0.15, 0.2) is 83.0 Å². The summed E-state index contributed by atoms with van der Waals surface area (Å²) in [6.07, 6.45) is 4.86. The molecule has 0 spiro atoms. The second-order valence-electron chi connectivity index (χ2n) is 10.4. The van der Waals surface area contributed by atoms with Crippen molar-refractivity contribution in [1.82, 2.24) is 0 Å². The average Bonchev–Trinajstić information content (AvgIpc) is 3.16. The fraction of sp³-hybridized carbons (Fsp3) is 0.290. The first kappa shape index (κ1) is 23.3. The minimum Gasteiger partial charge on any atom is -0.508 e. The number of fused-ring (bicyclic) bond motifs is 3. The molecule has 1 fully saturated rings. The standard InChI is InChI=1S/C31H27NO5/c1-3-17-7-9-19(10-8-17)32-30(36)22-12-11-21-23(27(22)31(32)37)15-24-28(25(34)13-16(2)29(24)35)26(21)18-5-4-6-20(33)14-18/h4-11,13-14,22-23,26-27,33H,3,12,15H2,1-2H3/t22-,23+,26-,27-/m0/s1. The van der Waals surface area contributed by atoms with Gasteiger partial charge in [-0.1, -0.05) is 42.8 Å². The molecule has 2 amide bonds. The number of aromatic hydroxyl groups is 1. The Hall–Kier alpha value is -4.06. The average molecular weight is 494 g/mol. The quantitative estimate of drug-likeness (QED) is 0.384. The van der Waals surface area contributed by atoms with Gasteiger partial charge in [-0.15, -0.1) is 0 Å². The van der Waals surface area contributed by atoms with E-state index in [1.807, 2.05) is 43.3 Å². The van der Waals surface area contributed by atoms with Crippen LogP contribution in [0.25, 0.3) is 0 Å². The van der Waals surface area contributed by atoms with E-state index in [0.717, 1.165) is 17.6 Å². The molecule has 0 radical (unpaired) electrons. The van der Waals surface area contributed by atoms with Crippen molar-refractivity contribution in [3.63, 3.8) is 0 Å². The smallest absolute Gasteiger partial charge is 0.238 e. The molecule has 6 heteroatoms. The summed E-state index contributed by atoms with van der Waals surface area (Å²) in [6.45, 7) is 3.68. The van der Waals surface area contributed by atoms with E-state index in [4.69, 9.17) is 0 Å². The number of Topliss-reactive ketones (excluding diaryl/α,β-unsaturated/α-hetero) is 1. The maximum absolute atomic E-state index is 13.9. The zero-order valence-corrected chi connectivity index (χ0v) is 20.7. The van der Waals surface area contributed by atoms with E-state index in [1.165, 1.54) is 11.0 Å². The number of anilines is 1. The molecule has 1 saturated heterocycles. The Labute approximate surface area is 215 Å². The molecular formula is C31H27NO5. The highest BCUT2D eigenvalue weighted by Crippen LogP contribution is 2.55. The van der Waals surface area contributed by atoms with Crippen LogP contribution in [0, 0.1) is 17.8 Å². The number of allylic oxidation sites excluding steroid dienone is 6. The number of ketones is 2. The van der Waals surface area contributed by atoms with E-state index in [9.17, 15) is 24.3 Å². The highest BCUT2D eigenvalue weighted by atomic mass is 16.3. The number of rotatable bonds is 3. The Morgan fingerprint density at radius 3 is 2.43 bits per heavy atom. The maximum Gasteiger partial charge on any atom is 0.238 e. The number of benzene rings is 2. The van der Waals surface area contributed by atoms with Crippen molar-refractivity contribution in [3.8, 4) is 5.75 Å². The molecule has 1 aliphatic heterocycles. The predicted octanol–water partition coefficient (Wildman–Crippen LogP) is 4.59. The topological polar surface area (TPSA) is 91.8 Å². The summed E-state index contributed by atoms with van der Waals surface area (Å²) in [5.41, 5.74) is 4.48. The second-order valence-corrected chi connectivity index (χ2v) is 10.4. The molecule has 4 aliphatic rings. The highest BCUT2D eigenvalue weighted by Gasteiger charge is 2.56. The lowest BCUT2D eigenvalue weighted by Crippen LogP contribution is -2.39. The number of hydrogen-bond acceptors (Lipinski definition) is 5. The Morgan fingerprint density at radius 1 is 0.973 bits per heavy atom. The van der Waals surface area contributed by atoms with Gasteiger partial charge in [0, 0.05) is 22.6 Å². The van der Waals surface area contributed by atoms with Gasteiger partial charge in [-0.05, 0) is 73.6 Å². The summed E-state index contributed by atoms with van der Waals surface area (Å²) in [4.78, 5) is 55.3. The van der Waals surface area contributed by atoms with E-state index in [1.54, 1.807) is 25.1 Å². The molecule has 0 unspecified atom stereocenters. The lowest BCUT2D eigenvalue weighted by Gasteiger charge is -2.42. The first-order valence-corrected chi connectivity index (χ1v) is 12.8. The van der Waals surface area contributed by atoms with Gasteiger partial charge >= 0.3 is 0 Å². The summed E-state index contributed by atoms with van der Waals surface area (Å²) >= 11 is 0. The largest absolute Gasteiger partial charge is 0.508 e. The van der Waals surface area contributed by atoms with E-state index < -0.39 is 17.8 Å². The molecule has 6 rings (SSSR count). The Bertz CT molecular complexity index is 1480. The van der Waals surface area contributed by atoms with E-state index in [0.29, 0.717) is 34.4 Å². The SMILES string of the molecule is CCc1ccc(N2C(=O)[C@H]3[C@H](CC=C4[C@H](c5cccc(O)c5)C5=C(C[C@H]43)C(=O)C(C)=CC5=O)C2=O)cc1. The number of phenols is 1. The summed E-state index contributed by atoms with van der Waals surface area (Å²) < 4.78 is 0. The van der Waals surface area contributed by atoms with Gasteiger partial charge in [0.2, 0.25) is 11.8 Å². The minimum absolute atomic E-state index is 0.0613. The highest BCUT2D eigenvalue weighted by molar-refractivity contribution is 6.25. The molecule has 0 saturated carbocycles. The molecule has 4 atom stereocenters. The van der Waals surface area contributed by atoms with Crippen molar-refractivity contribution in [2.45, 2.75) is 39.0 Å². The zero-order chi connectivity index (χ0) is 26.0. The van der Waals surface area contributed by atoms with Crippen LogP contribution < -0.4 is 4.90 Å². The van der Waals surface area contributed by atoms with Gasteiger partial charge in [-0.2, -0.15) is 0 Å². The van der Waals surface area contributed by atoms with Gasteiger partial charge in [0.1, 0.15) is 5.75 Å². The number of phenolic OH excluding ortho intramolecular Hbond substituents is 1. The normalized spacial score (nSPS) is 27.0. The number of nitrogens with zero attached hydrogens (tertiary/aromatic N) is 1. The third-order valence-corrected chi connectivity index (χ3v) is 8.37. The van der Waals surface area contributed by atoms with Gasteiger partial charge in [-0.3, -0.25) is 24.1 Å². The molecule has 1 N–H and O–H groups in total. The zero-order valence-electron chi connectivity index (χ0n) is 20.7. The number of aryl methyl sites for hydroxylation is 1. The molecule has 1 heterocycles. The van der Waals surface area contributed by atoms with E-state index >= 15 is 0 Å². The fourth-order valence-electron chi connectivity index (χ4n) is 6.60. The molecular weight excluding hydrogens is 466 g/mol. The van der Waals surface area contributed by atoms with E-state index in [-0.39, 0.29) is 41.5 Å². The van der Waals surface area contributed by atoms with Crippen molar-refractivity contribution in [2.24, 2.45) is 17.8 Å². The first-order valence-electron chi connectivity index (χ1n) is 12.8. The minimum atomic E-state index is -0.610. The van der Waals surface area contributed by atoms with Gasteiger partial charge < -0.3 is 5.11 Å². The van der Waals surface area contributed by atoms with Crippen LogP contribution in [0.2, 0.25) is 0 Å². The van der Waals surface area contributed by atoms with Crippen molar-refractivity contribution in [3.05, 3.63) is 94.1 Å². The number of carbonyl (C=O) groups is 4. The van der Waals surface area contributed by atoms with Gasteiger partial charge in [-0.25, -0.2) is 0 Å². The Morgan fingerprint density at radius 2 is 1.73 bits per heavy atom. The van der Waals surface area contributed by atoms with Gasteiger partial charge in [0.15, 0.2) is 11.6 Å². The third kappa shape index (κ3) is 3.46. The predicted molar refractivity (Wildman–Crippen MR) is 138 cm³/mol. The van der Waals surface area contributed by atoms with Crippen LogP contribution in [-0.2, 0) is 25.6 Å². The summed E-state index contributed by atoms with van der Waals surface area (Å²) in [6, 6.07) is 14.2. The Kier molecular flexibility index (Phi) is 5.37. The van der Waals surface area contributed by atoms with Crippen LogP contribution in [0.4, 0.5) is 5.69 Å². The van der Waals surface area contributed by atoms with E-state index in [2.05, 4.69) is 0 Å².